The summed E-state index contributed by atoms with van der Waals surface area (Å²) in [5.74, 6) is 0.297. The van der Waals surface area contributed by atoms with Crippen LogP contribution in [0.5, 0.6) is 0 Å². The number of rotatable bonds is 3. The molecule has 0 saturated carbocycles. The van der Waals surface area contributed by atoms with E-state index in [9.17, 15) is 4.79 Å². The van der Waals surface area contributed by atoms with Crippen molar-refractivity contribution in [2.24, 2.45) is 0 Å². The Morgan fingerprint density at radius 3 is 2.69 bits per heavy atom. The van der Waals surface area contributed by atoms with E-state index in [2.05, 4.69) is 46.7 Å². The molecule has 0 bridgehead atoms. The summed E-state index contributed by atoms with van der Waals surface area (Å²) in [5, 5.41) is 0. The molecule has 1 atom stereocenters. The molecule has 1 rings (SSSR count). The van der Waals surface area contributed by atoms with Gasteiger partial charge in [0.1, 0.15) is 0 Å². The van der Waals surface area contributed by atoms with Crippen molar-refractivity contribution < 1.29 is 4.79 Å². The fourth-order valence-corrected chi connectivity index (χ4v) is 2.20. The molecule has 1 fully saturated rings. The lowest BCUT2D eigenvalue weighted by Gasteiger charge is -2.23. The van der Waals surface area contributed by atoms with E-state index in [-0.39, 0.29) is 6.04 Å². The summed E-state index contributed by atoms with van der Waals surface area (Å²) in [7, 11) is 0. The molecule has 0 spiro atoms. The van der Waals surface area contributed by atoms with E-state index in [1.165, 1.54) is 0 Å². The van der Waals surface area contributed by atoms with Crippen LogP contribution in [0.1, 0.15) is 27.2 Å². The van der Waals surface area contributed by atoms with Crippen molar-refractivity contribution in [3.63, 3.8) is 0 Å². The lowest BCUT2D eigenvalue weighted by atomic mass is 10.2. The second kappa shape index (κ2) is 4.59. The third-order valence-electron chi connectivity index (χ3n) is 2.48. The number of carbonyl (C=O) groups excluding carboxylic acids is 1. The third kappa shape index (κ3) is 2.34. The van der Waals surface area contributed by atoms with Gasteiger partial charge in [0.05, 0.1) is 6.04 Å². The number of carbonyl (C=O) groups is 1. The zero-order valence-corrected chi connectivity index (χ0v) is 10.6. The van der Waals surface area contributed by atoms with Crippen molar-refractivity contribution in [2.45, 2.75) is 39.3 Å². The van der Waals surface area contributed by atoms with Gasteiger partial charge in [0.25, 0.3) is 0 Å². The first-order valence-corrected chi connectivity index (χ1v) is 5.77. The maximum absolute atomic E-state index is 11.8. The molecular weight excluding hydrogens is 279 g/mol. The molecule has 0 aliphatic carbocycles. The maximum atomic E-state index is 11.8. The molecule has 1 saturated heterocycles. The summed E-state index contributed by atoms with van der Waals surface area (Å²) in [6, 6.07) is 0.465. The topological polar surface area (TPSA) is 23.6 Å². The normalized spacial score (nSPS) is 23.7. The zero-order valence-electron chi connectivity index (χ0n) is 8.46. The molecule has 0 N–H and O–H groups in total. The number of likely N-dealkylation sites (tertiary alicyclic amines) is 1. The minimum atomic E-state index is 0.119. The van der Waals surface area contributed by atoms with Crippen LogP contribution >= 0.6 is 22.9 Å². The Kier molecular flexibility index (Phi) is 3.97. The van der Waals surface area contributed by atoms with Crippen LogP contribution in [0.2, 0.25) is 0 Å². The van der Waals surface area contributed by atoms with E-state index in [1.807, 2.05) is 4.90 Å². The molecule has 0 aromatic rings. The Labute approximate surface area is 94.0 Å². The Bertz CT molecular complexity index is 196. The maximum Gasteiger partial charge on any atom is 0.241 e. The first kappa shape index (κ1) is 11.2. The van der Waals surface area contributed by atoms with Crippen molar-refractivity contribution in [2.75, 3.05) is 13.1 Å². The largest absolute Gasteiger partial charge is 0.339 e. The molecular formula is C9H17IN2O. The molecule has 1 heterocycles. The van der Waals surface area contributed by atoms with Crippen molar-refractivity contribution in [1.82, 2.24) is 8.01 Å². The number of amides is 1. The number of nitrogens with zero attached hydrogens (tertiary/aromatic N) is 2. The average molecular weight is 296 g/mol. The SMILES string of the molecule is CCN(I)C1CCN(C(C)C)C1=O. The van der Waals surface area contributed by atoms with Crippen LogP contribution in [-0.2, 0) is 4.79 Å². The highest BCUT2D eigenvalue weighted by Gasteiger charge is 2.35. The first-order chi connectivity index (χ1) is 6.07. The Morgan fingerprint density at radius 1 is 1.69 bits per heavy atom. The first-order valence-electron chi connectivity index (χ1n) is 4.80. The summed E-state index contributed by atoms with van der Waals surface area (Å²) >= 11 is 2.24. The van der Waals surface area contributed by atoms with Gasteiger partial charge in [0, 0.05) is 42.0 Å². The quantitative estimate of drug-likeness (QED) is 0.584. The molecule has 0 radical (unpaired) electrons. The number of hydrogen-bond donors (Lipinski definition) is 0. The van der Waals surface area contributed by atoms with E-state index < -0.39 is 0 Å². The highest BCUT2D eigenvalue weighted by molar-refractivity contribution is 14.1. The summed E-state index contributed by atoms with van der Waals surface area (Å²) in [5.41, 5.74) is 0. The van der Waals surface area contributed by atoms with E-state index in [0.717, 1.165) is 19.5 Å². The van der Waals surface area contributed by atoms with Gasteiger partial charge in [-0.25, -0.2) is 3.11 Å². The van der Waals surface area contributed by atoms with E-state index in [0.29, 0.717) is 11.9 Å². The summed E-state index contributed by atoms with van der Waals surface area (Å²) in [6.07, 6.45) is 0.980. The minimum absolute atomic E-state index is 0.119. The fraction of sp³-hybridized carbons (Fsp3) is 0.889. The number of likely N-dealkylation sites (N-methyl/N-ethyl adjacent to an activating group) is 1. The molecule has 1 aliphatic heterocycles. The van der Waals surface area contributed by atoms with Gasteiger partial charge >= 0.3 is 0 Å². The minimum Gasteiger partial charge on any atom is -0.339 e. The summed E-state index contributed by atoms with van der Waals surface area (Å²) in [6.45, 7) is 8.08. The van der Waals surface area contributed by atoms with Crippen LogP contribution in [0.3, 0.4) is 0 Å². The lowest BCUT2D eigenvalue weighted by Crippen LogP contribution is -2.39. The second-order valence-corrected chi connectivity index (χ2v) is 4.89. The molecule has 0 aromatic heterocycles. The predicted molar refractivity (Wildman–Crippen MR) is 61.7 cm³/mol. The molecule has 1 aliphatic rings. The lowest BCUT2D eigenvalue weighted by molar-refractivity contribution is -0.131. The fourth-order valence-electron chi connectivity index (χ4n) is 1.68. The molecule has 1 amide bonds. The molecule has 0 aromatic carbocycles. The van der Waals surface area contributed by atoms with Gasteiger partial charge < -0.3 is 4.90 Å². The van der Waals surface area contributed by atoms with E-state index in [1.54, 1.807) is 0 Å². The van der Waals surface area contributed by atoms with E-state index in [4.69, 9.17) is 0 Å². The molecule has 3 nitrogen and oxygen atoms in total. The van der Waals surface area contributed by atoms with Gasteiger partial charge in [0.2, 0.25) is 5.91 Å². The van der Waals surface area contributed by atoms with Crippen molar-refractivity contribution >= 4 is 28.8 Å². The van der Waals surface area contributed by atoms with Gasteiger partial charge in [-0.2, -0.15) is 0 Å². The van der Waals surface area contributed by atoms with Gasteiger partial charge in [-0.15, -0.1) is 0 Å². The predicted octanol–water partition coefficient (Wildman–Crippen LogP) is 1.67. The van der Waals surface area contributed by atoms with Crippen LogP contribution in [0.15, 0.2) is 0 Å². The zero-order chi connectivity index (χ0) is 10.0. The Morgan fingerprint density at radius 2 is 2.31 bits per heavy atom. The van der Waals surface area contributed by atoms with E-state index >= 15 is 0 Å². The smallest absolute Gasteiger partial charge is 0.241 e. The molecule has 13 heavy (non-hydrogen) atoms. The molecule has 1 unspecified atom stereocenters. The van der Waals surface area contributed by atoms with Gasteiger partial charge in [-0.3, -0.25) is 4.79 Å². The number of halogens is 1. The second-order valence-electron chi connectivity index (χ2n) is 3.65. The van der Waals surface area contributed by atoms with Crippen LogP contribution in [0.4, 0.5) is 0 Å². The van der Waals surface area contributed by atoms with Crippen LogP contribution in [0.25, 0.3) is 0 Å². The summed E-state index contributed by atoms with van der Waals surface area (Å²) < 4.78 is 2.10. The number of hydrogen-bond acceptors (Lipinski definition) is 2. The van der Waals surface area contributed by atoms with Crippen molar-refractivity contribution in [3.8, 4) is 0 Å². The molecule has 4 heteroatoms. The van der Waals surface area contributed by atoms with Crippen LogP contribution in [0, 0.1) is 0 Å². The van der Waals surface area contributed by atoms with Crippen molar-refractivity contribution in [3.05, 3.63) is 0 Å². The third-order valence-corrected chi connectivity index (χ3v) is 3.83. The molecule has 76 valence electrons. The van der Waals surface area contributed by atoms with Crippen molar-refractivity contribution in [1.29, 1.82) is 0 Å². The highest BCUT2D eigenvalue weighted by atomic mass is 127. The van der Waals surface area contributed by atoms with Crippen LogP contribution < -0.4 is 0 Å². The van der Waals surface area contributed by atoms with Gasteiger partial charge in [0.15, 0.2) is 0 Å². The van der Waals surface area contributed by atoms with Gasteiger partial charge in [-0.1, -0.05) is 6.92 Å². The average Bonchev–Trinajstić information content (AvgIpc) is 2.46. The Balaban J connectivity index is 2.60. The monoisotopic (exact) mass is 296 g/mol. The van der Waals surface area contributed by atoms with Crippen LogP contribution in [-0.4, -0.2) is 39.1 Å². The standard InChI is InChI=1S/C9H17IN2O/c1-4-12(10)8-5-6-11(7(2)3)9(8)13/h7-8H,4-6H2,1-3H3. The summed E-state index contributed by atoms with van der Waals surface area (Å²) in [4.78, 5) is 13.8. The Hall–Kier alpha value is 0.160. The highest BCUT2D eigenvalue weighted by Crippen LogP contribution is 2.21. The van der Waals surface area contributed by atoms with Gasteiger partial charge in [-0.05, 0) is 20.3 Å².